The van der Waals surface area contributed by atoms with E-state index in [1.807, 2.05) is 0 Å². The zero-order valence-corrected chi connectivity index (χ0v) is 13.7. The van der Waals surface area contributed by atoms with Crippen LogP contribution in [0.15, 0.2) is 0 Å². The van der Waals surface area contributed by atoms with E-state index in [2.05, 4.69) is 39.9 Å². The van der Waals surface area contributed by atoms with Crippen LogP contribution in [-0.4, -0.2) is 54.8 Å². The first-order valence-electron chi connectivity index (χ1n) is 7.48. The van der Waals surface area contributed by atoms with E-state index in [0.717, 1.165) is 19.4 Å². The number of halogens is 2. The highest BCUT2D eigenvalue weighted by molar-refractivity contribution is 4.84. The molecule has 0 aliphatic heterocycles. The predicted octanol–water partition coefficient (Wildman–Crippen LogP) is 2.74. The molecule has 0 heterocycles. The van der Waals surface area contributed by atoms with Gasteiger partial charge in [0, 0.05) is 25.2 Å². The Morgan fingerprint density at radius 1 is 1.20 bits per heavy atom. The number of aliphatic hydroxyl groups is 1. The Labute approximate surface area is 122 Å². The number of rotatable bonds is 10. The Hall–Kier alpha value is -0.260. The minimum Gasteiger partial charge on any atom is -0.395 e. The van der Waals surface area contributed by atoms with Crippen LogP contribution in [0.2, 0.25) is 0 Å². The highest BCUT2D eigenvalue weighted by atomic mass is 19.3. The third-order valence-corrected chi connectivity index (χ3v) is 3.32. The number of aliphatic hydroxyl groups excluding tert-OH is 1. The van der Waals surface area contributed by atoms with Gasteiger partial charge < -0.3 is 10.4 Å². The average Bonchev–Trinajstić information content (AvgIpc) is 2.25. The van der Waals surface area contributed by atoms with Gasteiger partial charge in [-0.05, 0) is 32.6 Å². The van der Waals surface area contributed by atoms with E-state index in [0.29, 0.717) is 13.1 Å². The summed E-state index contributed by atoms with van der Waals surface area (Å²) in [5.41, 5.74) is -0.0500. The topological polar surface area (TPSA) is 35.5 Å². The normalized spacial score (nSPS) is 15.9. The molecule has 0 radical (unpaired) electrons. The summed E-state index contributed by atoms with van der Waals surface area (Å²) in [5, 5.41) is 12.5. The Balaban J connectivity index is 4.67. The lowest BCUT2D eigenvalue weighted by atomic mass is 9.84. The van der Waals surface area contributed by atoms with Crippen molar-refractivity contribution in [3.05, 3.63) is 0 Å². The molecular formula is C15H32F2N2O. The van der Waals surface area contributed by atoms with Crippen LogP contribution in [0.5, 0.6) is 0 Å². The fourth-order valence-electron chi connectivity index (χ4n) is 2.42. The fraction of sp³-hybridized carbons (Fsp3) is 1.00. The molecule has 0 aromatic heterocycles. The second-order valence-electron chi connectivity index (χ2n) is 7.01. The van der Waals surface area contributed by atoms with Crippen LogP contribution in [0, 0.1) is 5.41 Å². The molecule has 0 saturated heterocycles. The molecule has 3 nitrogen and oxygen atoms in total. The molecule has 1 unspecified atom stereocenters. The quantitative estimate of drug-likeness (QED) is 0.650. The first kappa shape index (κ1) is 19.7. The molecule has 0 bridgehead atoms. The van der Waals surface area contributed by atoms with E-state index in [-0.39, 0.29) is 24.1 Å². The molecule has 0 rings (SSSR count). The summed E-state index contributed by atoms with van der Waals surface area (Å²) in [5.74, 6) is 0. The maximum atomic E-state index is 12.6. The largest absolute Gasteiger partial charge is 0.395 e. The Morgan fingerprint density at radius 2 is 1.80 bits per heavy atom. The van der Waals surface area contributed by atoms with Crippen LogP contribution in [0.3, 0.4) is 0 Å². The summed E-state index contributed by atoms with van der Waals surface area (Å²) in [6, 6.07) is 0. The second kappa shape index (κ2) is 8.90. The Bertz CT molecular complexity index is 257. The molecule has 0 aromatic rings. The lowest BCUT2D eigenvalue weighted by Gasteiger charge is -2.37. The van der Waals surface area contributed by atoms with Gasteiger partial charge in [0.1, 0.15) is 0 Å². The molecule has 0 aromatic carbocycles. The second-order valence-corrected chi connectivity index (χ2v) is 7.01. The van der Waals surface area contributed by atoms with Gasteiger partial charge in [-0.2, -0.15) is 0 Å². The van der Waals surface area contributed by atoms with Gasteiger partial charge in [0.05, 0.1) is 13.2 Å². The van der Waals surface area contributed by atoms with Crippen molar-refractivity contribution in [2.24, 2.45) is 5.41 Å². The van der Waals surface area contributed by atoms with Gasteiger partial charge in [0.25, 0.3) is 6.43 Å². The highest BCUT2D eigenvalue weighted by Crippen LogP contribution is 2.25. The standard InChI is InChI=1S/C15H32F2N2O/c1-6-7-15(5,11-18-14(2,3)4)12-19(8-9-20)10-13(16)17/h13,18,20H,6-12H2,1-5H3. The molecule has 0 aliphatic carbocycles. The summed E-state index contributed by atoms with van der Waals surface area (Å²) in [6.07, 6.45) is -0.367. The minimum atomic E-state index is -2.36. The van der Waals surface area contributed by atoms with Crippen molar-refractivity contribution in [3.8, 4) is 0 Å². The average molecular weight is 294 g/mol. The zero-order valence-electron chi connectivity index (χ0n) is 13.7. The summed E-state index contributed by atoms with van der Waals surface area (Å²) >= 11 is 0. The van der Waals surface area contributed by atoms with E-state index in [1.54, 1.807) is 4.90 Å². The van der Waals surface area contributed by atoms with E-state index in [1.165, 1.54) is 0 Å². The fourth-order valence-corrected chi connectivity index (χ4v) is 2.42. The van der Waals surface area contributed by atoms with Gasteiger partial charge in [-0.15, -0.1) is 0 Å². The SMILES string of the molecule is CCCC(C)(CNC(C)(C)C)CN(CCO)CC(F)F. The summed E-state index contributed by atoms with van der Waals surface area (Å²) in [6.45, 7) is 11.9. The number of nitrogens with zero attached hydrogens (tertiary/aromatic N) is 1. The molecule has 0 spiro atoms. The maximum Gasteiger partial charge on any atom is 0.251 e. The molecule has 0 amide bonds. The minimum absolute atomic E-state index is 0.0134. The maximum absolute atomic E-state index is 12.6. The third-order valence-electron chi connectivity index (χ3n) is 3.32. The third kappa shape index (κ3) is 9.61. The molecule has 122 valence electrons. The van der Waals surface area contributed by atoms with Crippen molar-refractivity contribution in [2.75, 3.05) is 32.8 Å². The summed E-state index contributed by atoms with van der Waals surface area (Å²) in [4.78, 5) is 1.67. The molecule has 0 aliphatic rings. The zero-order chi connectivity index (χ0) is 15.8. The van der Waals surface area contributed by atoms with Crippen LogP contribution in [0.4, 0.5) is 8.78 Å². The number of alkyl halides is 2. The molecule has 0 saturated carbocycles. The van der Waals surface area contributed by atoms with E-state index in [4.69, 9.17) is 5.11 Å². The van der Waals surface area contributed by atoms with Crippen LogP contribution >= 0.6 is 0 Å². The van der Waals surface area contributed by atoms with Crippen molar-refractivity contribution >= 4 is 0 Å². The van der Waals surface area contributed by atoms with Crippen molar-refractivity contribution in [2.45, 2.75) is 59.4 Å². The van der Waals surface area contributed by atoms with Crippen LogP contribution < -0.4 is 5.32 Å². The van der Waals surface area contributed by atoms with Gasteiger partial charge in [-0.25, -0.2) is 8.78 Å². The lowest BCUT2D eigenvalue weighted by molar-refractivity contribution is 0.0502. The van der Waals surface area contributed by atoms with Crippen LogP contribution in [0.25, 0.3) is 0 Å². The highest BCUT2D eigenvalue weighted by Gasteiger charge is 2.28. The van der Waals surface area contributed by atoms with Gasteiger partial charge in [0.2, 0.25) is 0 Å². The Kier molecular flexibility index (Phi) is 8.79. The van der Waals surface area contributed by atoms with Gasteiger partial charge in [-0.3, -0.25) is 4.90 Å². The van der Waals surface area contributed by atoms with Gasteiger partial charge in [-0.1, -0.05) is 20.3 Å². The van der Waals surface area contributed by atoms with Gasteiger partial charge >= 0.3 is 0 Å². The molecule has 1 atom stereocenters. The van der Waals surface area contributed by atoms with Crippen LogP contribution in [-0.2, 0) is 0 Å². The van der Waals surface area contributed by atoms with E-state index < -0.39 is 6.43 Å². The number of hydrogen-bond acceptors (Lipinski definition) is 3. The lowest BCUT2D eigenvalue weighted by Crippen LogP contribution is -2.48. The summed E-state index contributed by atoms with van der Waals surface area (Å²) < 4.78 is 25.2. The van der Waals surface area contributed by atoms with Crippen molar-refractivity contribution < 1.29 is 13.9 Å². The molecule has 2 N–H and O–H groups in total. The predicted molar refractivity (Wildman–Crippen MR) is 80.3 cm³/mol. The smallest absolute Gasteiger partial charge is 0.251 e. The molecule has 20 heavy (non-hydrogen) atoms. The van der Waals surface area contributed by atoms with E-state index in [9.17, 15) is 8.78 Å². The molecular weight excluding hydrogens is 262 g/mol. The summed E-state index contributed by atoms with van der Waals surface area (Å²) in [7, 11) is 0. The first-order chi connectivity index (χ1) is 9.12. The number of hydrogen-bond donors (Lipinski definition) is 2. The monoisotopic (exact) mass is 294 g/mol. The molecule has 0 fully saturated rings. The first-order valence-corrected chi connectivity index (χ1v) is 7.48. The van der Waals surface area contributed by atoms with Gasteiger partial charge in [0.15, 0.2) is 0 Å². The van der Waals surface area contributed by atoms with Crippen molar-refractivity contribution in [1.82, 2.24) is 10.2 Å². The Morgan fingerprint density at radius 3 is 2.20 bits per heavy atom. The van der Waals surface area contributed by atoms with Crippen LogP contribution in [0.1, 0.15) is 47.5 Å². The van der Waals surface area contributed by atoms with Crippen molar-refractivity contribution in [3.63, 3.8) is 0 Å². The van der Waals surface area contributed by atoms with Crippen molar-refractivity contribution in [1.29, 1.82) is 0 Å². The molecule has 5 heteroatoms. The van der Waals surface area contributed by atoms with E-state index >= 15 is 0 Å². The number of nitrogens with one attached hydrogen (secondary N) is 1.